The fourth-order valence-electron chi connectivity index (χ4n) is 2.68. The summed E-state index contributed by atoms with van der Waals surface area (Å²) in [5, 5.41) is 6.08. The van der Waals surface area contributed by atoms with Crippen molar-refractivity contribution in [3.05, 3.63) is 35.4 Å². The molecule has 146 valence electrons. The number of benzene rings is 1. The van der Waals surface area contributed by atoms with E-state index in [1.807, 2.05) is 0 Å². The molecule has 1 amide bonds. The number of hydrogen-bond acceptors (Lipinski definition) is 6. The van der Waals surface area contributed by atoms with Crippen LogP contribution in [0, 0.1) is 0 Å². The fraction of sp³-hybridized carbons (Fsp3) is 0.529. The SMILES string of the molecule is COC(=O)CS(=O)(=O)Cc1ccc(CNC(=O)C2CCCCN2)cc1.Cl. The van der Waals surface area contributed by atoms with Gasteiger partial charge in [0, 0.05) is 6.54 Å². The van der Waals surface area contributed by atoms with E-state index in [1.165, 1.54) is 0 Å². The Bertz CT molecular complexity index is 700. The third-order valence-electron chi connectivity index (χ3n) is 4.07. The van der Waals surface area contributed by atoms with E-state index in [2.05, 4.69) is 15.4 Å². The molecule has 1 aromatic rings. The minimum absolute atomic E-state index is 0. The number of esters is 1. The van der Waals surface area contributed by atoms with Gasteiger partial charge in [-0.2, -0.15) is 0 Å². The number of halogens is 1. The quantitative estimate of drug-likeness (QED) is 0.656. The average Bonchev–Trinajstić information content (AvgIpc) is 2.60. The Hall–Kier alpha value is -1.64. The van der Waals surface area contributed by atoms with Crippen LogP contribution in [-0.2, 0) is 36.5 Å². The number of piperidine rings is 1. The zero-order chi connectivity index (χ0) is 18.3. The van der Waals surface area contributed by atoms with Crippen LogP contribution in [-0.4, -0.2) is 45.7 Å². The van der Waals surface area contributed by atoms with Crippen molar-refractivity contribution in [2.24, 2.45) is 0 Å². The highest BCUT2D eigenvalue weighted by molar-refractivity contribution is 7.91. The van der Waals surface area contributed by atoms with Crippen molar-refractivity contribution in [1.29, 1.82) is 0 Å². The van der Waals surface area contributed by atoms with E-state index in [1.54, 1.807) is 24.3 Å². The summed E-state index contributed by atoms with van der Waals surface area (Å²) in [6.45, 7) is 1.26. The van der Waals surface area contributed by atoms with E-state index in [-0.39, 0.29) is 30.1 Å². The predicted molar refractivity (Wildman–Crippen MR) is 101 cm³/mol. The molecule has 0 aromatic heterocycles. The first kappa shape index (κ1) is 22.4. The van der Waals surface area contributed by atoms with E-state index in [0.717, 1.165) is 38.5 Å². The number of nitrogens with one attached hydrogen (secondary N) is 2. The Morgan fingerprint density at radius 3 is 2.42 bits per heavy atom. The maximum absolute atomic E-state index is 12.1. The molecule has 1 aromatic carbocycles. The Balaban J connectivity index is 0.00000338. The van der Waals surface area contributed by atoms with E-state index in [4.69, 9.17) is 0 Å². The normalized spacial score (nSPS) is 17.0. The molecule has 2 rings (SSSR count). The first-order chi connectivity index (χ1) is 11.9. The molecule has 7 nitrogen and oxygen atoms in total. The maximum atomic E-state index is 12.1. The van der Waals surface area contributed by atoms with E-state index in [9.17, 15) is 18.0 Å². The summed E-state index contributed by atoms with van der Waals surface area (Å²) in [5.41, 5.74) is 1.48. The number of hydrogen-bond donors (Lipinski definition) is 2. The molecule has 1 unspecified atom stereocenters. The Labute approximate surface area is 160 Å². The molecule has 0 aliphatic carbocycles. The topological polar surface area (TPSA) is 102 Å². The van der Waals surface area contributed by atoms with Crippen LogP contribution >= 0.6 is 12.4 Å². The molecule has 0 bridgehead atoms. The summed E-state index contributed by atoms with van der Waals surface area (Å²) in [6, 6.07) is 6.80. The van der Waals surface area contributed by atoms with Crippen molar-refractivity contribution < 1.29 is 22.7 Å². The summed E-state index contributed by atoms with van der Waals surface area (Å²) < 4.78 is 28.1. The highest BCUT2D eigenvalue weighted by Gasteiger charge is 2.20. The first-order valence-corrected chi connectivity index (χ1v) is 10.1. The Morgan fingerprint density at radius 2 is 1.85 bits per heavy atom. The lowest BCUT2D eigenvalue weighted by molar-refractivity contribution is -0.137. The summed E-state index contributed by atoms with van der Waals surface area (Å²) >= 11 is 0. The molecule has 0 radical (unpaired) electrons. The van der Waals surface area contributed by atoms with Crippen LogP contribution in [0.15, 0.2) is 24.3 Å². The summed E-state index contributed by atoms with van der Waals surface area (Å²) in [7, 11) is -2.40. The number of carbonyl (C=O) groups is 2. The van der Waals surface area contributed by atoms with Gasteiger partial charge in [-0.05, 0) is 30.5 Å². The van der Waals surface area contributed by atoms with Gasteiger partial charge in [0.25, 0.3) is 0 Å². The summed E-state index contributed by atoms with van der Waals surface area (Å²) in [4.78, 5) is 23.2. The standard InChI is InChI=1S/C17H24N2O5S.ClH/c1-24-16(20)12-25(22,23)11-14-7-5-13(6-8-14)10-19-17(21)15-4-2-3-9-18-15;/h5-8,15,18H,2-4,9-12H2,1H3,(H,19,21);1H. The van der Waals surface area contributed by atoms with E-state index >= 15 is 0 Å². The smallest absolute Gasteiger partial charge is 0.320 e. The lowest BCUT2D eigenvalue weighted by Crippen LogP contribution is -2.46. The van der Waals surface area contributed by atoms with Crippen LogP contribution in [0.4, 0.5) is 0 Å². The lowest BCUT2D eigenvalue weighted by atomic mass is 10.0. The van der Waals surface area contributed by atoms with Crippen LogP contribution in [0.25, 0.3) is 0 Å². The van der Waals surface area contributed by atoms with E-state index < -0.39 is 21.6 Å². The highest BCUT2D eigenvalue weighted by Crippen LogP contribution is 2.10. The molecular weight excluding hydrogens is 380 g/mol. The largest absolute Gasteiger partial charge is 0.468 e. The Kier molecular flexibility index (Phi) is 9.04. The molecule has 1 heterocycles. The average molecular weight is 405 g/mol. The fourth-order valence-corrected chi connectivity index (χ4v) is 3.96. The van der Waals surface area contributed by atoms with Gasteiger partial charge in [-0.1, -0.05) is 30.7 Å². The minimum atomic E-state index is -3.55. The molecule has 9 heteroatoms. The number of ether oxygens (including phenoxy) is 1. The molecule has 1 saturated heterocycles. The van der Waals surface area contributed by atoms with Crippen LogP contribution < -0.4 is 10.6 Å². The first-order valence-electron chi connectivity index (χ1n) is 8.26. The van der Waals surface area contributed by atoms with Crippen LogP contribution in [0.1, 0.15) is 30.4 Å². The van der Waals surface area contributed by atoms with Gasteiger partial charge in [0.1, 0.15) is 5.75 Å². The van der Waals surface area contributed by atoms with Crippen molar-refractivity contribution in [2.45, 2.75) is 37.6 Å². The molecule has 0 saturated carbocycles. The summed E-state index contributed by atoms with van der Waals surface area (Å²) in [5.74, 6) is -1.63. The molecule has 1 fully saturated rings. The lowest BCUT2D eigenvalue weighted by Gasteiger charge is -2.22. The number of rotatable bonds is 7. The second kappa shape index (κ2) is 10.5. The van der Waals surface area contributed by atoms with Crippen molar-refractivity contribution in [2.75, 3.05) is 19.4 Å². The van der Waals surface area contributed by atoms with Gasteiger partial charge >= 0.3 is 5.97 Å². The van der Waals surface area contributed by atoms with Gasteiger partial charge in [-0.15, -0.1) is 12.4 Å². The summed E-state index contributed by atoms with van der Waals surface area (Å²) in [6.07, 6.45) is 3.01. The molecule has 26 heavy (non-hydrogen) atoms. The zero-order valence-corrected chi connectivity index (χ0v) is 16.3. The van der Waals surface area contributed by atoms with Gasteiger partial charge in [-0.25, -0.2) is 8.42 Å². The molecule has 0 spiro atoms. The molecule has 1 atom stereocenters. The Morgan fingerprint density at radius 1 is 1.19 bits per heavy atom. The van der Waals surface area contributed by atoms with Crippen molar-refractivity contribution in [3.63, 3.8) is 0 Å². The van der Waals surface area contributed by atoms with Gasteiger partial charge in [-0.3, -0.25) is 9.59 Å². The zero-order valence-electron chi connectivity index (χ0n) is 14.7. The third-order valence-corrected chi connectivity index (χ3v) is 5.52. The van der Waals surface area contributed by atoms with E-state index in [0.29, 0.717) is 12.1 Å². The molecule has 1 aliphatic heterocycles. The van der Waals surface area contributed by atoms with Crippen LogP contribution in [0.2, 0.25) is 0 Å². The van der Waals surface area contributed by atoms with Crippen LogP contribution in [0.5, 0.6) is 0 Å². The molecular formula is C17H25ClN2O5S. The predicted octanol–water partition coefficient (Wildman–Crippen LogP) is 0.955. The molecule has 1 aliphatic rings. The van der Waals surface area contributed by atoms with Gasteiger partial charge in [0.15, 0.2) is 9.84 Å². The number of carbonyl (C=O) groups excluding carboxylic acids is 2. The third kappa shape index (κ3) is 7.31. The van der Waals surface area contributed by atoms with Crippen molar-refractivity contribution in [3.8, 4) is 0 Å². The highest BCUT2D eigenvalue weighted by atomic mass is 35.5. The van der Waals surface area contributed by atoms with Crippen molar-refractivity contribution >= 4 is 34.1 Å². The maximum Gasteiger partial charge on any atom is 0.320 e. The number of methoxy groups -OCH3 is 1. The second-order valence-electron chi connectivity index (χ2n) is 6.15. The minimum Gasteiger partial charge on any atom is -0.468 e. The number of sulfone groups is 1. The molecule has 2 N–H and O–H groups in total. The van der Waals surface area contributed by atoms with Gasteiger partial charge in [0.2, 0.25) is 5.91 Å². The second-order valence-corrected chi connectivity index (χ2v) is 8.21. The number of amides is 1. The monoisotopic (exact) mass is 404 g/mol. The van der Waals surface area contributed by atoms with Gasteiger partial charge in [0.05, 0.1) is 18.9 Å². The van der Waals surface area contributed by atoms with Crippen LogP contribution in [0.3, 0.4) is 0 Å². The van der Waals surface area contributed by atoms with Gasteiger partial charge < -0.3 is 15.4 Å². The van der Waals surface area contributed by atoms with Crippen molar-refractivity contribution in [1.82, 2.24) is 10.6 Å².